The first-order chi connectivity index (χ1) is 14.6. The lowest BCUT2D eigenvalue weighted by Gasteiger charge is -2.18. The topological polar surface area (TPSA) is 59.2 Å². The van der Waals surface area contributed by atoms with E-state index in [2.05, 4.69) is 77.9 Å². The van der Waals surface area contributed by atoms with Crippen LogP contribution in [0, 0.1) is 0 Å². The van der Waals surface area contributed by atoms with Crippen LogP contribution >= 0.6 is 0 Å². The molecule has 0 unspecified atom stereocenters. The number of aromatic nitrogens is 1. The van der Waals surface area contributed by atoms with E-state index in [-0.39, 0.29) is 24.0 Å². The predicted octanol–water partition coefficient (Wildman–Crippen LogP) is 1.85. The fourth-order valence-electron chi connectivity index (χ4n) is 4.39. The summed E-state index contributed by atoms with van der Waals surface area (Å²) in [6.45, 7) is 8.60. The molecule has 0 bridgehead atoms. The van der Waals surface area contributed by atoms with E-state index >= 15 is 0 Å². The number of anilines is 2. The third kappa shape index (κ3) is 4.77. The zero-order chi connectivity index (χ0) is 21.1. The van der Waals surface area contributed by atoms with Crippen molar-refractivity contribution in [2.45, 2.75) is 26.8 Å². The van der Waals surface area contributed by atoms with Crippen LogP contribution < -0.4 is 40.0 Å². The molecular weight excluding hydrogens is 495 g/mol. The summed E-state index contributed by atoms with van der Waals surface area (Å²) in [6.07, 6.45) is 1.07. The van der Waals surface area contributed by atoms with Gasteiger partial charge in [0.2, 0.25) is 11.2 Å². The highest BCUT2D eigenvalue weighted by atomic mass is 127. The summed E-state index contributed by atoms with van der Waals surface area (Å²) in [5.74, 6) is 0. The molecule has 0 saturated carbocycles. The number of hydrogen-bond acceptors (Lipinski definition) is 3. The Morgan fingerprint density at radius 1 is 0.774 bits per heavy atom. The number of pyridine rings is 1. The van der Waals surface area contributed by atoms with Gasteiger partial charge >= 0.3 is 0 Å². The molecule has 0 fully saturated rings. The van der Waals surface area contributed by atoms with Crippen LogP contribution in [-0.4, -0.2) is 24.5 Å². The van der Waals surface area contributed by atoms with E-state index < -0.39 is 0 Å². The lowest BCUT2D eigenvalue weighted by molar-refractivity contribution is -0.659. The zero-order valence-corrected chi connectivity index (χ0v) is 20.5. The average Bonchev–Trinajstić information content (AvgIpc) is 2.77. The first-order valence-electron chi connectivity index (χ1n) is 10.8. The first kappa shape index (κ1) is 23.3. The Morgan fingerprint density at radius 2 is 1.42 bits per heavy atom. The molecule has 0 atom stereocenters. The number of hydrogen-bond donors (Lipinski definition) is 2. The lowest BCUT2D eigenvalue weighted by atomic mass is 9.98. The minimum absolute atomic E-state index is 0. The SMILES string of the molecule is CCN(CC)CCC[n+]1c(-c2ccccc2)c2cc(N)ccc2c2ccc(N)cc21.[I-]. The molecule has 0 aliphatic rings. The van der Waals surface area contributed by atoms with Crippen LogP contribution in [-0.2, 0) is 6.54 Å². The van der Waals surface area contributed by atoms with Crippen LogP contribution in [0.2, 0.25) is 0 Å². The van der Waals surface area contributed by atoms with E-state index in [0.29, 0.717) is 0 Å². The van der Waals surface area contributed by atoms with E-state index in [1.807, 2.05) is 12.1 Å². The minimum atomic E-state index is 0. The standard InChI is InChI=1S/C26H30N4.HI/c1-3-29(4-2)15-8-16-30-25-18-21(28)12-14-23(25)22-13-11-20(27)17-24(22)26(30)19-9-6-5-7-10-19;/h5-7,9-14,17-18,28H,3-4,8,15-16,27H2,1-2H3;1H. The van der Waals surface area contributed by atoms with Gasteiger partial charge in [-0.1, -0.05) is 38.1 Å². The quantitative estimate of drug-likeness (QED) is 0.167. The number of halogens is 1. The molecule has 4 N–H and O–H groups in total. The smallest absolute Gasteiger partial charge is 0.220 e. The van der Waals surface area contributed by atoms with Gasteiger partial charge in [-0.2, -0.15) is 4.57 Å². The van der Waals surface area contributed by atoms with Crippen LogP contribution in [0.1, 0.15) is 20.3 Å². The number of fused-ring (bicyclic) bond motifs is 3. The van der Waals surface area contributed by atoms with Crippen LogP contribution in [0.4, 0.5) is 11.4 Å². The Balaban J connectivity index is 0.00000272. The molecule has 0 aliphatic heterocycles. The number of rotatable bonds is 7. The highest BCUT2D eigenvalue weighted by Crippen LogP contribution is 2.33. The van der Waals surface area contributed by atoms with Crippen LogP contribution in [0.3, 0.4) is 0 Å². The van der Waals surface area contributed by atoms with E-state index in [1.54, 1.807) is 0 Å². The van der Waals surface area contributed by atoms with Gasteiger partial charge in [-0.05, 0) is 49.5 Å². The van der Waals surface area contributed by atoms with Crippen molar-refractivity contribution in [3.05, 3.63) is 66.7 Å². The Kier molecular flexibility index (Phi) is 7.73. The van der Waals surface area contributed by atoms with Gasteiger partial charge in [0, 0.05) is 41.4 Å². The van der Waals surface area contributed by atoms with Crippen LogP contribution in [0.25, 0.3) is 32.9 Å². The summed E-state index contributed by atoms with van der Waals surface area (Å²) in [6, 6.07) is 23.1. The largest absolute Gasteiger partial charge is 1.00 e. The highest BCUT2D eigenvalue weighted by Gasteiger charge is 2.23. The fourth-order valence-corrected chi connectivity index (χ4v) is 4.39. The molecule has 1 aromatic heterocycles. The molecule has 31 heavy (non-hydrogen) atoms. The number of benzene rings is 3. The molecule has 5 heteroatoms. The van der Waals surface area contributed by atoms with Gasteiger partial charge in [0.15, 0.2) is 6.54 Å². The van der Waals surface area contributed by atoms with E-state index in [4.69, 9.17) is 11.5 Å². The summed E-state index contributed by atoms with van der Waals surface area (Å²) in [5.41, 5.74) is 17.6. The van der Waals surface area contributed by atoms with Gasteiger partial charge in [-0.3, -0.25) is 0 Å². The summed E-state index contributed by atoms with van der Waals surface area (Å²) in [5, 5.41) is 3.60. The van der Waals surface area contributed by atoms with Gasteiger partial charge in [0.1, 0.15) is 0 Å². The molecular formula is C26H31IN4. The maximum atomic E-state index is 6.23. The monoisotopic (exact) mass is 526 g/mol. The van der Waals surface area contributed by atoms with Gasteiger partial charge < -0.3 is 40.3 Å². The molecule has 4 rings (SSSR count). The van der Waals surface area contributed by atoms with Gasteiger partial charge in [0.25, 0.3) is 0 Å². The first-order valence-corrected chi connectivity index (χ1v) is 10.8. The molecule has 3 aromatic carbocycles. The Labute approximate surface area is 201 Å². The average molecular weight is 526 g/mol. The van der Waals surface area contributed by atoms with E-state index in [0.717, 1.165) is 44.0 Å². The fraction of sp³-hybridized carbons (Fsp3) is 0.269. The van der Waals surface area contributed by atoms with Crippen LogP contribution in [0.5, 0.6) is 0 Å². The maximum absolute atomic E-state index is 6.23. The highest BCUT2D eigenvalue weighted by molar-refractivity contribution is 6.10. The van der Waals surface area contributed by atoms with Crippen molar-refractivity contribution in [2.24, 2.45) is 0 Å². The molecule has 1 heterocycles. The third-order valence-corrected chi connectivity index (χ3v) is 5.97. The van der Waals surface area contributed by atoms with E-state index in [9.17, 15) is 0 Å². The molecule has 4 nitrogen and oxygen atoms in total. The molecule has 4 aromatic rings. The van der Waals surface area contributed by atoms with Crippen molar-refractivity contribution in [3.63, 3.8) is 0 Å². The molecule has 162 valence electrons. The molecule has 0 aliphatic carbocycles. The molecule has 0 amide bonds. The Morgan fingerprint density at radius 3 is 2.10 bits per heavy atom. The van der Waals surface area contributed by atoms with Crippen molar-refractivity contribution >= 4 is 33.1 Å². The summed E-state index contributed by atoms with van der Waals surface area (Å²) < 4.78 is 2.44. The molecule has 0 spiro atoms. The summed E-state index contributed by atoms with van der Waals surface area (Å²) in [4.78, 5) is 2.47. The van der Waals surface area contributed by atoms with Crippen molar-refractivity contribution in [3.8, 4) is 11.3 Å². The number of nitrogens with two attached hydrogens (primary N) is 2. The van der Waals surface area contributed by atoms with Gasteiger partial charge in [0.05, 0.1) is 10.8 Å². The van der Waals surface area contributed by atoms with Gasteiger partial charge in [-0.15, -0.1) is 0 Å². The van der Waals surface area contributed by atoms with Crippen molar-refractivity contribution in [1.29, 1.82) is 0 Å². The summed E-state index contributed by atoms with van der Waals surface area (Å²) in [7, 11) is 0. The van der Waals surface area contributed by atoms with Gasteiger partial charge in [-0.25, -0.2) is 0 Å². The third-order valence-electron chi connectivity index (χ3n) is 5.97. The second-order valence-electron chi connectivity index (χ2n) is 7.83. The number of nitrogen functional groups attached to an aromatic ring is 2. The number of nitrogens with zero attached hydrogens (tertiary/aromatic N) is 2. The molecule has 0 radical (unpaired) electrons. The van der Waals surface area contributed by atoms with Crippen molar-refractivity contribution < 1.29 is 28.5 Å². The normalized spacial score (nSPS) is 11.2. The Hall–Kier alpha value is -2.38. The van der Waals surface area contributed by atoms with Crippen molar-refractivity contribution in [1.82, 2.24) is 4.90 Å². The maximum Gasteiger partial charge on any atom is 0.220 e. The predicted molar refractivity (Wildman–Crippen MR) is 128 cm³/mol. The molecule has 0 saturated heterocycles. The zero-order valence-electron chi connectivity index (χ0n) is 18.3. The second-order valence-corrected chi connectivity index (χ2v) is 7.83. The van der Waals surface area contributed by atoms with E-state index in [1.165, 1.54) is 32.9 Å². The van der Waals surface area contributed by atoms with Crippen molar-refractivity contribution in [2.75, 3.05) is 31.1 Å². The Bertz CT molecular complexity index is 1170. The second kappa shape index (κ2) is 10.3. The minimum Gasteiger partial charge on any atom is -1.00 e. The van der Waals surface area contributed by atoms with Crippen LogP contribution in [0.15, 0.2) is 66.7 Å². The lowest BCUT2D eigenvalue weighted by Crippen LogP contribution is -3.00. The summed E-state index contributed by atoms with van der Waals surface area (Å²) >= 11 is 0. The number of aryl methyl sites for hydroxylation is 1.